The van der Waals surface area contributed by atoms with Crippen LogP contribution in [0.4, 0.5) is 13.2 Å². The van der Waals surface area contributed by atoms with Crippen molar-refractivity contribution in [2.75, 3.05) is 20.6 Å². The van der Waals surface area contributed by atoms with Crippen molar-refractivity contribution >= 4 is 47.2 Å². The molecule has 0 radical (unpaired) electrons. The first-order valence-corrected chi connectivity index (χ1v) is 9.49. The lowest BCUT2D eigenvalue weighted by molar-refractivity contribution is -0.137. The number of carbonyl (C=O) groups excluding carboxylic acids is 1. The molecule has 1 amide bonds. The number of aliphatic imine (C=N–C) groups is 1. The van der Waals surface area contributed by atoms with Gasteiger partial charge in [-0.2, -0.15) is 13.2 Å². The van der Waals surface area contributed by atoms with Crippen molar-refractivity contribution in [1.82, 2.24) is 15.5 Å². The highest BCUT2D eigenvalue weighted by Crippen LogP contribution is 2.30. The van der Waals surface area contributed by atoms with Crippen molar-refractivity contribution < 1.29 is 18.0 Å². The second-order valence-electron chi connectivity index (χ2n) is 6.38. The first-order chi connectivity index (χ1) is 13.2. The van der Waals surface area contributed by atoms with Crippen LogP contribution in [0, 0.1) is 0 Å². The molecule has 0 aliphatic rings. The van der Waals surface area contributed by atoms with Crippen LogP contribution in [0.1, 0.15) is 29.0 Å². The molecule has 1 aromatic carbocycles. The van der Waals surface area contributed by atoms with Gasteiger partial charge in [0.1, 0.15) is 6.54 Å². The molecule has 0 fully saturated rings. The minimum atomic E-state index is -4.40. The van der Waals surface area contributed by atoms with E-state index in [1.807, 2.05) is 17.5 Å². The number of thiophene rings is 1. The maximum atomic E-state index is 13.0. The highest BCUT2D eigenvalue weighted by Gasteiger charge is 2.30. The molecule has 2 N–H and O–H groups in total. The summed E-state index contributed by atoms with van der Waals surface area (Å²) in [6, 6.07) is 8.58. The number of nitrogens with one attached hydrogen (secondary N) is 2. The molecule has 29 heavy (non-hydrogen) atoms. The van der Waals surface area contributed by atoms with Crippen LogP contribution in [0.5, 0.6) is 0 Å². The quantitative estimate of drug-likeness (QED) is 0.327. The topological polar surface area (TPSA) is 56.7 Å². The average Bonchev–Trinajstić information content (AvgIpc) is 3.16. The first kappa shape index (κ1) is 25.2. The van der Waals surface area contributed by atoms with E-state index in [9.17, 15) is 18.0 Å². The fourth-order valence-electron chi connectivity index (χ4n) is 2.30. The number of carbonyl (C=O) groups is 1. The standard InChI is InChI=1S/C19H23F3N4OS.HI/c1-13(14-6-4-7-15(10-14)19(20,21)22)25-18(24-12-17(27)26(2)3)23-11-16-8-5-9-28-16;/h4-10,13H,11-12H2,1-3H3,(H2,23,24,25);1H. The second-order valence-corrected chi connectivity index (χ2v) is 7.41. The minimum Gasteiger partial charge on any atom is -0.351 e. The van der Waals surface area contributed by atoms with E-state index in [1.165, 1.54) is 11.0 Å². The molecule has 1 aromatic heterocycles. The molecule has 1 unspecified atom stereocenters. The fraction of sp³-hybridized carbons (Fsp3) is 0.368. The molecule has 0 spiro atoms. The summed E-state index contributed by atoms with van der Waals surface area (Å²) in [5, 5.41) is 8.14. The van der Waals surface area contributed by atoms with Gasteiger partial charge in [0, 0.05) is 19.0 Å². The number of alkyl halides is 3. The van der Waals surface area contributed by atoms with Gasteiger partial charge in [0.05, 0.1) is 18.2 Å². The maximum absolute atomic E-state index is 13.0. The Hall–Kier alpha value is -1.82. The summed E-state index contributed by atoms with van der Waals surface area (Å²) < 4.78 is 38.9. The Labute approximate surface area is 189 Å². The number of guanidine groups is 1. The number of benzene rings is 1. The zero-order valence-electron chi connectivity index (χ0n) is 16.3. The number of amides is 1. The van der Waals surface area contributed by atoms with E-state index in [0.717, 1.165) is 17.0 Å². The molecule has 0 saturated heterocycles. The third-order valence-electron chi connectivity index (χ3n) is 3.95. The molecule has 5 nitrogen and oxygen atoms in total. The predicted octanol–water partition coefficient (Wildman–Crippen LogP) is 4.27. The minimum absolute atomic E-state index is 0. The molecule has 0 saturated carbocycles. The average molecular weight is 540 g/mol. The molecular formula is C19H24F3IN4OS. The summed E-state index contributed by atoms with van der Waals surface area (Å²) in [5.41, 5.74) is -0.231. The Morgan fingerprint density at radius 3 is 2.55 bits per heavy atom. The second kappa shape index (κ2) is 11.4. The van der Waals surface area contributed by atoms with Crippen LogP contribution >= 0.6 is 35.3 Å². The van der Waals surface area contributed by atoms with Crippen LogP contribution in [-0.2, 0) is 17.5 Å². The van der Waals surface area contributed by atoms with Gasteiger partial charge < -0.3 is 15.5 Å². The SMILES string of the molecule is CC(NC(=NCC(=O)N(C)C)NCc1cccs1)c1cccc(C(F)(F)F)c1.I. The third kappa shape index (κ3) is 8.21. The van der Waals surface area contributed by atoms with Crippen molar-refractivity contribution in [2.45, 2.75) is 25.7 Å². The molecule has 2 rings (SSSR count). The molecule has 0 aliphatic heterocycles. The summed E-state index contributed by atoms with van der Waals surface area (Å²) in [5.74, 6) is 0.178. The van der Waals surface area contributed by atoms with E-state index >= 15 is 0 Å². The highest BCUT2D eigenvalue weighted by molar-refractivity contribution is 14.0. The normalized spacial score (nSPS) is 12.7. The lowest BCUT2D eigenvalue weighted by Gasteiger charge is -2.20. The van der Waals surface area contributed by atoms with Gasteiger partial charge in [-0.3, -0.25) is 4.79 Å². The van der Waals surface area contributed by atoms with Gasteiger partial charge >= 0.3 is 6.18 Å². The fourth-order valence-corrected chi connectivity index (χ4v) is 2.94. The summed E-state index contributed by atoms with van der Waals surface area (Å²) in [7, 11) is 3.27. The van der Waals surface area contributed by atoms with Crippen LogP contribution in [0.3, 0.4) is 0 Å². The van der Waals surface area contributed by atoms with Crippen molar-refractivity contribution in [3.63, 3.8) is 0 Å². The monoisotopic (exact) mass is 540 g/mol. The zero-order valence-corrected chi connectivity index (χ0v) is 19.4. The van der Waals surface area contributed by atoms with Crippen LogP contribution in [0.25, 0.3) is 0 Å². The Bertz CT molecular complexity index is 810. The predicted molar refractivity (Wildman–Crippen MR) is 121 cm³/mol. The number of nitrogens with zero attached hydrogens (tertiary/aromatic N) is 2. The van der Waals surface area contributed by atoms with Gasteiger partial charge in [-0.1, -0.05) is 18.2 Å². The molecule has 1 heterocycles. The van der Waals surface area contributed by atoms with Crippen molar-refractivity contribution in [3.05, 3.63) is 57.8 Å². The highest BCUT2D eigenvalue weighted by atomic mass is 127. The van der Waals surface area contributed by atoms with E-state index in [1.54, 1.807) is 38.4 Å². The van der Waals surface area contributed by atoms with Crippen LogP contribution in [0.2, 0.25) is 0 Å². The third-order valence-corrected chi connectivity index (χ3v) is 4.82. The van der Waals surface area contributed by atoms with E-state index in [2.05, 4.69) is 15.6 Å². The lowest BCUT2D eigenvalue weighted by atomic mass is 10.1. The Balaban J connectivity index is 0.00000420. The van der Waals surface area contributed by atoms with Crippen LogP contribution in [-0.4, -0.2) is 37.4 Å². The zero-order chi connectivity index (χ0) is 20.7. The first-order valence-electron chi connectivity index (χ1n) is 8.61. The molecule has 0 aliphatic carbocycles. The number of halogens is 4. The van der Waals surface area contributed by atoms with E-state index in [4.69, 9.17) is 0 Å². The van der Waals surface area contributed by atoms with Crippen molar-refractivity contribution in [1.29, 1.82) is 0 Å². The van der Waals surface area contributed by atoms with Gasteiger partial charge in [-0.15, -0.1) is 35.3 Å². The Kier molecular flexibility index (Phi) is 9.90. The van der Waals surface area contributed by atoms with Crippen molar-refractivity contribution in [2.24, 2.45) is 4.99 Å². The maximum Gasteiger partial charge on any atom is 0.416 e. The molecule has 2 aromatic rings. The van der Waals surface area contributed by atoms with Crippen LogP contribution < -0.4 is 10.6 Å². The van der Waals surface area contributed by atoms with Gasteiger partial charge in [-0.25, -0.2) is 4.99 Å². The number of hydrogen-bond acceptors (Lipinski definition) is 3. The number of rotatable bonds is 6. The summed E-state index contributed by atoms with van der Waals surface area (Å²) in [4.78, 5) is 18.6. The van der Waals surface area contributed by atoms with E-state index in [-0.39, 0.29) is 36.4 Å². The lowest BCUT2D eigenvalue weighted by Crippen LogP contribution is -2.39. The summed E-state index contributed by atoms with van der Waals surface area (Å²) >= 11 is 1.57. The van der Waals surface area contributed by atoms with Crippen molar-refractivity contribution in [3.8, 4) is 0 Å². The van der Waals surface area contributed by atoms with Gasteiger partial charge in [0.25, 0.3) is 0 Å². The largest absolute Gasteiger partial charge is 0.416 e. The Morgan fingerprint density at radius 1 is 1.24 bits per heavy atom. The molecule has 0 bridgehead atoms. The van der Waals surface area contributed by atoms with Gasteiger partial charge in [0.2, 0.25) is 5.91 Å². The number of likely N-dealkylation sites (N-methyl/N-ethyl adjacent to an activating group) is 1. The molecule has 10 heteroatoms. The van der Waals surface area contributed by atoms with E-state index < -0.39 is 17.8 Å². The molecular weight excluding hydrogens is 516 g/mol. The van der Waals surface area contributed by atoms with Gasteiger partial charge in [-0.05, 0) is 36.1 Å². The Morgan fingerprint density at radius 2 is 1.97 bits per heavy atom. The van der Waals surface area contributed by atoms with Gasteiger partial charge in [0.15, 0.2) is 5.96 Å². The summed E-state index contributed by atoms with van der Waals surface area (Å²) in [6.07, 6.45) is -4.40. The summed E-state index contributed by atoms with van der Waals surface area (Å²) in [6.45, 7) is 2.17. The van der Waals surface area contributed by atoms with E-state index in [0.29, 0.717) is 18.1 Å². The smallest absolute Gasteiger partial charge is 0.351 e. The molecule has 160 valence electrons. The number of hydrogen-bond donors (Lipinski definition) is 2. The molecule has 1 atom stereocenters. The van der Waals surface area contributed by atoms with Crippen LogP contribution in [0.15, 0.2) is 46.8 Å².